The molecule has 1 atom stereocenters. The molecule has 17 heavy (non-hydrogen) atoms. The molecule has 4 N–H and O–H groups in total. The second-order valence-electron chi connectivity index (χ2n) is 4.55. The average molecular weight is 237 g/mol. The van der Waals surface area contributed by atoms with E-state index in [4.69, 9.17) is 5.73 Å². The molecule has 1 aromatic heterocycles. The van der Waals surface area contributed by atoms with Crippen LogP contribution in [0, 0.1) is 12.8 Å². The van der Waals surface area contributed by atoms with E-state index in [0.717, 1.165) is 5.69 Å². The molecule has 0 saturated heterocycles. The number of amides is 1. The van der Waals surface area contributed by atoms with E-state index in [-0.39, 0.29) is 17.5 Å². The zero-order valence-electron chi connectivity index (χ0n) is 10.4. The highest BCUT2D eigenvalue weighted by Gasteiger charge is 2.16. The van der Waals surface area contributed by atoms with Crippen molar-refractivity contribution in [3.8, 4) is 5.75 Å². The van der Waals surface area contributed by atoms with Gasteiger partial charge in [-0.25, -0.2) is 4.98 Å². The smallest absolute Gasteiger partial charge is 0.242 e. The zero-order valence-corrected chi connectivity index (χ0v) is 10.4. The topological polar surface area (TPSA) is 88.2 Å². The third kappa shape index (κ3) is 4.03. The van der Waals surface area contributed by atoms with Crippen LogP contribution >= 0.6 is 0 Å². The number of aromatic nitrogens is 1. The summed E-state index contributed by atoms with van der Waals surface area (Å²) in [6, 6.07) is 2.57. The third-order valence-corrected chi connectivity index (χ3v) is 2.32. The van der Waals surface area contributed by atoms with Gasteiger partial charge in [0.1, 0.15) is 0 Å². The van der Waals surface area contributed by atoms with Crippen molar-refractivity contribution >= 4 is 11.7 Å². The first kappa shape index (κ1) is 13.4. The summed E-state index contributed by atoms with van der Waals surface area (Å²) in [6.07, 6.45) is 0.596. The van der Waals surface area contributed by atoms with E-state index < -0.39 is 6.04 Å². The third-order valence-electron chi connectivity index (χ3n) is 2.32. The van der Waals surface area contributed by atoms with E-state index in [1.54, 1.807) is 13.0 Å². The number of hydrogen-bond donors (Lipinski definition) is 3. The maximum absolute atomic E-state index is 11.7. The number of rotatable bonds is 4. The number of nitrogens with zero attached hydrogens (tertiary/aromatic N) is 1. The monoisotopic (exact) mass is 237 g/mol. The van der Waals surface area contributed by atoms with Gasteiger partial charge in [0.2, 0.25) is 5.91 Å². The zero-order chi connectivity index (χ0) is 13.0. The summed E-state index contributed by atoms with van der Waals surface area (Å²) in [6.45, 7) is 5.77. The Kier molecular flexibility index (Phi) is 4.45. The van der Waals surface area contributed by atoms with Crippen LogP contribution in [0.1, 0.15) is 26.0 Å². The van der Waals surface area contributed by atoms with Crippen molar-refractivity contribution in [2.45, 2.75) is 33.2 Å². The Morgan fingerprint density at radius 2 is 2.18 bits per heavy atom. The van der Waals surface area contributed by atoms with Crippen molar-refractivity contribution in [3.05, 3.63) is 17.8 Å². The number of aryl methyl sites for hydroxylation is 1. The molecule has 94 valence electrons. The first-order chi connectivity index (χ1) is 7.90. The minimum Gasteiger partial charge on any atom is -0.504 e. The molecule has 0 aliphatic heterocycles. The van der Waals surface area contributed by atoms with Crippen LogP contribution in [0.3, 0.4) is 0 Å². The van der Waals surface area contributed by atoms with Gasteiger partial charge in [-0.1, -0.05) is 13.8 Å². The number of nitrogens with two attached hydrogens (primary N) is 1. The predicted octanol–water partition coefficient (Wildman–Crippen LogP) is 1.41. The first-order valence-electron chi connectivity index (χ1n) is 5.63. The Morgan fingerprint density at radius 3 is 2.76 bits per heavy atom. The van der Waals surface area contributed by atoms with E-state index in [0.29, 0.717) is 12.3 Å². The van der Waals surface area contributed by atoms with Gasteiger partial charge >= 0.3 is 0 Å². The fourth-order valence-corrected chi connectivity index (χ4v) is 1.47. The highest BCUT2D eigenvalue weighted by molar-refractivity contribution is 5.94. The molecule has 5 heteroatoms. The fourth-order valence-electron chi connectivity index (χ4n) is 1.47. The van der Waals surface area contributed by atoms with E-state index in [1.807, 2.05) is 13.8 Å². The van der Waals surface area contributed by atoms with Crippen molar-refractivity contribution in [2.24, 2.45) is 11.7 Å². The van der Waals surface area contributed by atoms with Crippen molar-refractivity contribution in [2.75, 3.05) is 5.32 Å². The molecular weight excluding hydrogens is 218 g/mol. The van der Waals surface area contributed by atoms with E-state index in [1.165, 1.54) is 6.07 Å². The maximum Gasteiger partial charge on any atom is 0.242 e. The summed E-state index contributed by atoms with van der Waals surface area (Å²) >= 11 is 0. The minimum absolute atomic E-state index is 0.0549. The van der Waals surface area contributed by atoms with E-state index in [2.05, 4.69) is 10.3 Å². The molecule has 1 heterocycles. The number of carbonyl (C=O) groups excluding carboxylic acids is 1. The molecule has 5 nitrogen and oxygen atoms in total. The van der Waals surface area contributed by atoms with Crippen LogP contribution in [0.25, 0.3) is 0 Å². The highest BCUT2D eigenvalue weighted by Crippen LogP contribution is 2.20. The van der Waals surface area contributed by atoms with Crippen LogP contribution < -0.4 is 11.1 Å². The molecular formula is C12H19N3O2. The predicted molar refractivity (Wildman–Crippen MR) is 66.7 cm³/mol. The Morgan fingerprint density at radius 1 is 1.53 bits per heavy atom. The number of nitrogens with one attached hydrogen (secondary N) is 1. The lowest BCUT2D eigenvalue weighted by Crippen LogP contribution is -2.36. The van der Waals surface area contributed by atoms with Crippen LogP contribution in [0.15, 0.2) is 12.1 Å². The van der Waals surface area contributed by atoms with Gasteiger partial charge in [-0.2, -0.15) is 0 Å². The van der Waals surface area contributed by atoms with Crippen LogP contribution in [0.4, 0.5) is 5.82 Å². The number of anilines is 1. The Labute approximate surface area is 101 Å². The number of carbonyl (C=O) groups is 1. The van der Waals surface area contributed by atoms with E-state index >= 15 is 0 Å². The summed E-state index contributed by atoms with van der Waals surface area (Å²) < 4.78 is 0. The van der Waals surface area contributed by atoms with Crippen LogP contribution in [-0.4, -0.2) is 22.0 Å². The van der Waals surface area contributed by atoms with Gasteiger partial charge in [0.25, 0.3) is 0 Å². The van der Waals surface area contributed by atoms with Gasteiger partial charge in [-0.05, 0) is 31.4 Å². The second-order valence-corrected chi connectivity index (χ2v) is 4.55. The van der Waals surface area contributed by atoms with Crippen LogP contribution in [-0.2, 0) is 4.79 Å². The van der Waals surface area contributed by atoms with Crippen LogP contribution in [0.5, 0.6) is 5.75 Å². The van der Waals surface area contributed by atoms with Gasteiger partial charge in [0.15, 0.2) is 11.6 Å². The summed E-state index contributed by atoms with van der Waals surface area (Å²) in [5, 5.41) is 12.1. The molecule has 0 aromatic carbocycles. The maximum atomic E-state index is 11.7. The number of hydrogen-bond acceptors (Lipinski definition) is 4. The Bertz CT molecular complexity index is 405. The van der Waals surface area contributed by atoms with Crippen molar-refractivity contribution < 1.29 is 9.90 Å². The molecule has 0 aliphatic carbocycles. The minimum atomic E-state index is -0.586. The van der Waals surface area contributed by atoms with Gasteiger partial charge in [-0.3, -0.25) is 4.79 Å². The van der Waals surface area contributed by atoms with Crippen molar-refractivity contribution in [3.63, 3.8) is 0 Å². The average Bonchev–Trinajstić information content (AvgIpc) is 2.22. The van der Waals surface area contributed by atoms with Crippen molar-refractivity contribution in [1.29, 1.82) is 0 Å². The summed E-state index contributed by atoms with van der Waals surface area (Å²) in [4.78, 5) is 15.8. The van der Waals surface area contributed by atoms with Crippen LogP contribution in [0.2, 0.25) is 0 Å². The lowest BCUT2D eigenvalue weighted by Gasteiger charge is -2.14. The molecule has 0 fully saturated rings. The lowest BCUT2D eigenvalue weighted by atomic mass is 10.0. The van der Waals surface area contributed by atoms with E-state index in [9.17, 15) is 9.90 Å². The molecule has 0 saturated carbocycles. The number of pyridine rings is 1. The summed E-state index contributed by atoms with van der Waals surface area (Å²) in [7, 11) is 0. The largest absolute Gasteiger partial charge is 0.504 e. The molecule has 1 unspecified atom stereocenters. The molecule has 0 aliphatic rings. The molecule has 1 aromatic rings. The normalized spacial score (nSPS) is 12.5. The molecule has 0 radical (unpaired) electrons. The molecule has 1 amide bonds. The fraction of sp³-hybridized carbons (Fsp3) is 0.500. The van der Waals surface area contributed by atoms with Gasteiger partial charge in [0, 0.05) is 5.69 Å². The second kappa shape index (κ2) is 5.63. The highest BCUT2D eigenvalue weighted by atomic mass is 16.3. The number of aromatic hydroxyl groups is 1. The van der Waals surface area contributed by atoms with Gasteiger partial charge in [-0.15, -0.1) is 0 Å². The van der Waals surface area contributed by atoms with Gasteiger partial charge in [0.05, 0.1) is 6.04 Å². The molecule has 1 rings (SSSR count). The Hall–Kier alpha value is -1.62. The quantitative estimate of drug-likeness (QED) is 0.738. The summed E-state index contributed by atoms with van der Waals surface area (Å²) in [5.41, 5.74) is 6.45. The lowest BCUT2D eigenvalue weighted by molar-refractivity contribution is -0.117. The van der Waals surface area contributed by atoms with Crippen molar-refractivity contribution in [1.82, 2.24) is 4.98 Å². The molecule has 0 spiro atoms. The van der Waals surface area contributed by atoms with Gasteiger partial charge < -0.3 is 16.2 Å². The summed E-state index contributed by atoms with van der Waals surface area (Å²) in [5.74, 6) is 0.122. The Balaban J connectivity index is 2.70. The SMILES string of the molecule is Cc1ccc(O)c(NC(=O)C(N)CC(C)C)n1. The standard InChI is InChI=1S/C12H19N3O2/c1-7(2)6-9(13)12(17)15-11-10(16)5-4-8(3)14-11/h4-5,7,9,16H,6,13H2,1-3H3,(H,14,15,17). The molecule has 0 bridgehead atoms. The first-order valence-corrected chi connectivity index (χ1v) is 5.63.